The number of ketones is 2. The van der Waals surface area contributed by atoms with E-state index in [0.717, 1.165) is 23.3 Å². The number of anilines is 1. The van der Waals surface area contributed by atoms with Gasteiger partial charge in [0.2, 0.25) is 5.79 Å². The number of cyclic esters (lactones) is 1. The predicted octanol–water partition coefficient (Wildman–Crippen LogP) is 7.00. The summed E-state index contributed by atoms with van der Waals surface area (Å²) in [7, 11) is 7.06. The molecule has 2 bridgehead atoms. The first kappa shape index (κ1) is 50.4. The molecule has 13 heteroatoms. The molecule has 5 rings (SSSR count). The summed E-state index contributed by atoms with van der Waals surface area (Å²) in [6.45, 7) is 11.8. The number of aliphatic hydroxyl groups excluding tert-OH is 1. The zero-order valence-corrected chi connectivity index (χ0v) is 39.5. The van der Waals surface area contributed by atoms with Crippen LogP contribution in [0.2, 0.25) is 0 Å². The second-order valence-electron chi connectivity index (χ2n) is 19.3. The third kappa shape index (κ3) is 12.4. The first-order valence-electron chi connectivity index (χ1n) is 23.4. The van der Waals surface area contributed by atoms with E-state index in [1.54, 1.807) is 21.1 Å². The van der Waals surface area contributed by atoms with Crippen molar-refractivity contribution in [1.82, 2.24) is 4.90 Å². The van der Waals surface area contributed by atoms with Crippen LogP contribution in [0.1, 0.15) is 119 Å². The highest BCUT2D eigenvalue weighted by Gasteiger charge is 2.56. The van der Waals surface area contributed by atoms with Gasteiger partial charge < -0.3 is 43.7 Å². The van der Waals surface area contributed by atoms with Crippen molar-refractivity contribution in [2.75, 3.05) is 39.8 Å². The third-order valence-corrected chi connectivity index (χ3v) is 14.1. The highest BCUT2D eigenvalue weighted by atomic mass is 16.7. The summed E-state index contributed by atoms with van der Waals surface area (Å²) in [5, 5.41) is 23.4. The standard InChI is InChI=1S/C50H76N2O11/c1-11-36-25-30(2)24-31(3)26-43(59-9)46-44(60-10)28-34(6)50(58,63-46)47(55)48(56)52-23-13-12-14-39(52)49(57)62-45(32(4)15-21-40(36)53)33(5)27-35-16-22-42(41(54)29-35)61-38-19-17-37(18-20-38)51(7)8/h17-20,25,27,31-32,34-36,39,41-46,54,58H,11-16,21-24,26,28-29H2,1-10H3/b30-25+,33-27?. The number of methoxy groups -OCH3 is 2. The average molecular weight is 881 g/mol. The average Bonchev–Trinajstić information content (AvgIpc) is 3.26. The Balaban J connectivity index is 1.43. The van der Waals surface area contributed by atoms with Crippen molar-refractivity contribution in [3.05, 3.63) is 47.6 Å². The van der Waals surface area contributed by atoms with Crippen LogP contribution in [-0.4, -0.2) is 122 Å². The molecule has 13 atom stereocenters. The molecule has 0 aromatic heterocycles. The maximum atomic E-state index is 14.4. The van der Waals surface area contributed by atoms with Gasteiger partial charge in [0.1, 0.15) is 35.9 Å². The molecule has 0 radical (unpaired) electrons. The fraction of sp³-hybridized carbons (Fsp3) is 0.720. The molecule has 4 aliphatic rings. The van der Waals surface area contributed by atoms with Crippen LogP contribution < -0.4 is 9.64 Å². The molecule has 1 aromatic carbocycles. The first-order chi connectivity index (χ1) is 29.9. The molecule has 1 aromatic rings. The molecule has 3 fully saturated rings. The van der Waals surface area contributed by atoms with E-state index < -0.39 is 65.9 Å². The van der Waals surface area contributed by atoms with E-state index in [-0.39, 0.29) is 54.9 Å². The molecule has 13 nitrogen and oxygen atoms in total. The van der Waals surface area contributed by atoms with Crippen LogP contribution in [0, 0.1) is 29.6 Å². The number of benzene rings is 1. The lowest BCUT2D eigenvalue weighted by Gasteiger charge is -2.47. The van der Waals surface area contributed by atoms with Crippen molar-refractivity contribution in [3.8, 4) is 5.75 Å². The SMILES string of the molecule is CCC1/C=C(\C)CC(C)CC(OC)C2OC(O)(C(=O)C(=O)N3CCCCC3C(=O)OC(C(C)=CC3CCC(Oc4ccc(N(C)C)cc4)C(O)C3)C(C)CCC1=O)C(C)CC2OC. The molecule has 2 saturated heterocycles. The molecule has 63 heavy (non-hydrogen) atoms. The van der Waals surface area contributed by atoms with E-state index in [2.05, 4.69) is 19.1 Å². The van der Waals surface area contributed by atoms with Crippen LogP contribution in [-0.2, 0) is 38.1 Å². The summed E-state index contributed by atoms with van der Waals surface area (Å²) in [6, 6.07) is 6.72. The Hall–Kier alpha value is -3.62. The van der Waals surface area contributed by atoms with E-state index in [9.17, 15) is 29.4 Å². The number of ether oxygens (including phenoxy) is 5. The Morgan fingerprint density at radius 1 is 0.937 bits per heavy atom. The first-order valence-corrected chi connectivity index (χ1v) is 23.4. The Bertz CT molecular complexity index is 1780. The number of hydrogen-bond donors (Lipinski definition) is 2. The summed E-state index contributed by atoms with van der Waals surface area (Å²) < 4.78 is 30.7. The largest absolute Gasteiger partial charge is 0.488 e. The van der Waals surface area contributed by atoms with Crippen LogP contribution in [0.3, 0.4) is 0 Å². The molecule has 2 N–H and O–H groups in total. The smallest absolute Gasteiger partial charge is 0.329 e. The van der Waals surface area contributed by atoms with Gasteiger partial charge in [-0.2, -0.15) is 0 Å². The van der Waals surface area contributed by atoms with E-state index in [1.807, 2.05) is 71.0 Å². The van der Waals surface area contributed by atoms with E-state index in [0.29, 0.717) is 63.5 Å². The zero-order chi connectivity index (χ0) is 46.2. The highest BCUT2D eigenvalue weighted by Crippen LogP contribution is 2.39. The maximum Gasteiger partial charge on any atom is 0.329 e. The normalized spacial score (nSPS) is 36.9. The molecule has 1 aliphatic carbocycles. The molecule has 1 saturated carbocycles. The van der Waals surface area contributed by atoms with E-state index >= 15 is 0 Å². The molecular formula is C50H76N2O11. The van der Waals surface area contributed by atoms with Crippen LogP contribution >= 0.6 is 0 Å². The Kier molecular flexibility index (Phi) is 18.0. The molecular weight excluding hydrogens is 805 g/mol. The van der Waals surface area contributed by atoms with Gasteiger partial charge in [-0.25, -0.2) is 4.79 Å². The summed E-state index contributed by atoms with van der Waals surface area (Å²) >= 11 is 0. The quantitative estimate of drug-likeness (QED) is 0.157. The number of rotatable bonds is 8. The molecule has 352 valence electrons. The second kappa shape index (κ2) is 22.5. The minimum Gasteiger partial charge on any atom is -0.488 e. The Morgan fingerprint density at radius 2 is 1.62 bits per heavy atom. The van der Waals surface area contributed by atoms with Crippen molar-refractivity contribution in [2.45, 2.75) is 167 Å². The monoisotopic (exact) mass is 881 g/mol. The van der Waals surface area contributed by atoms with Crippen molar-refractivity contribution in [2.24, 2.45) is 29.6 Å². The predicted molar refractivity (Wildman–Crippen MR) is 241 cm³/mol. The number of amides is 1. The van der Waals surface area contributed by atoms with Gasteiger partial charge in [0.15, 0.2) is 0 Å². The molecule has 0 spiro atoms. The Morgan fingerprint density at radius 3 is 2.25 bits per heavy atom. The summed E-state index contributed by atoms with van der Waals surface area (Å²) in [4.78, 5) is 60.2. The topological polar surface area (TPSA) is 161 Å². The van der Waals surface area contributed by atoms with E-state index in [1.165, 1.54) is 4.90 Å². The minimum atomic E-state index is -2.48. The number of aliphatic hydroxyl groups is 2. The van der Waals surface area contributed by atoms with Crippen molar-refractivity contribution >= 4 is 29.1 Å². The fourth-order valence-corrected chi connectivity index (χ4v) is 10.3. The molecule has 3 heterocycles. The van der Waals surface area contributed by atoms with Gasteiger partial charge in [-0.3, -0.25) is 14.4 Å². The number of carbonyl (C=O) groups is 4. The molecule has 13 unspecified atom stereocenters. The van der Waals surface area contributed by atoms with Gasteiger partial charge in [0.25, 0.3) is 11.7 Å². The second-order valence-corrected chi connectivity index (χ2v) is 19.3. The van der Waals surface area contributed by atoms with Gasteiger partial charge in [0, 0.05) is 58.8 Å². The summed E-state index contributed by atoms with van der Waals surface area (Å²) in [5.74, 6) is -5.72. The van der Waals surface area contributed by atoms with Crippen LogP contribution in [0.4, 0.5) is 5.69 Å². The number of nitrogens with zero attached hydrogens (tertiary/aromatic N) is 2. The minimum absolute atomic E-state index is 0.0172. The van der Waals surface area contributed by atoms with Crippen molar-refractivity contribution in [1.29, 1.82) is 0 Å². The van der Waals surface area contributed by atoms with Gasteiger partial charge in [-0.15, -0.1) is 0 Å². The highest BCUT2D eigenvalue weighted by molar-refractivity contribution is 6.39. The number of Topliss-reactive ketones (excluding diaryl/α,β-unsaturated/α-hetero) is 2. The lowest BCUT2D eigenvalue weighted by molar-refractivity contribution is -0.302. The summed E-state index contributed by atoms with van der Waals surface area (Å²) in [6.07, 6.45) is 6.51. The lowest BCUT2D eigenvalue weighted by Crippen LogP contribution is -2.64. The number of fused-ring (bicyclic) bond motifs is 3. The Labute approximate surface area is 375 Å². The van der Waals surface area contributed by atoms with E-state index in [4.69, 9.17) is 23.7 Å². The van der Waals surface area contributed by atoms with Gasteiger partial charge in [-0.05, 0) is 132 Å². The third-order valence-electron chi connectivity index (χ3n) is 14.1. The van der Waals surface area contributed by atoms with Gasteiger partial charge >= 0.3 is 5.97 Å². The van der Waals surface area contributed by atoms with Crippen molar-refractivity contribution < 1.29 is 53.1 Å². The van der Waals surface area contributed by atoms with Crippen molar-refractivity contribution in [3.63, 3.8) is 0 Å². The zero-order valence-electron chi connectivity index (χ0n) is 39.5. The van der Waals surface area contributed by atoms with Crippen LogP contribution in [0.15, 0.2) is 47.6 Å². The van der Waals surface area contributed by atoms with Gasteiger partial charge in [-0.1, -0.05) is 45.4 Å². The number of hydrogen-bond acceptors (Lipinski definition) is 12. The van der Waals surface area contributed by atoms with Crippen LogP contribution in [0.5, 0.6) is 5.75 Å². The number of esters is 1. The fourth-order valence-electron chi connectivity index (χ4n) is 10.3. The number of piperidine rings is 1. The molecule has 3 aliphatic heterocycles. The number of allylic oxidation sites excluding steroid dienone is 3. The van der Waals surface area contributed by atoms with Gasteiger partial charge in [0.05, 0.1) is 18.3 Å². The number of carbonyl (C=O) groups excluding carboxylic acids is 4. The molecule has 1 amide bonds. The van der Waals surface area contributed by atoms with Crippen LogP contribution in [0.25, 0.3) is 0 Å². The lowest BCUT2D eigenvalue weighted by atomic mass is 9.82. The summed E-state index contributed by atoms with van der Waals surface area (Å²) in [5.41, 5.74) is 2.92. The maximum absolute atomic E-state index is 14.4.